The molecule has 0 bridgehead atoms. The molecule has 0 N–H and O–H groups in total. The van der Waals surface area contributed by atoms with Gasteiger partial charge in [-0.15, -0.1) is 6.58 Å². The minimum Gasteiger partial charge on any atom is -0.462 e. The van der Waals surface area contributed by atoms with Crippen LogP contribution in [0.25, 0.3) is 0 Å². The van der Waals surface area contributed by atoms with E-state index in [4.69, 9.17) is 4.74 Å². The summed E-state index contributed by atoms with van der Waals surface area (Å²) in [6.45, 7) is 5.88. The molecule has 1 aliphatic rings. The molecule has 0 heterocycles. The van der Waals surface area contributed by atoms with E-state index in [1.54, 1.807) is 0 Å². The Morgan fingerprint density at radius 3 is 2.71 bits per heavy atom. The lowest BCUT2D eigenvalue weighted by atomic mass is 9.96. The Bertz CT molecular complexity index is 229. The van der Waals surface area contributed by atoms with Crippen molar-refractivity contribution in [1.82, 2.24) is 0 Å². The first-order chi connectivity index (χ1) is 8.27. The molecule has 0 aliphatic heterocycles. The SMILES string of the molecule is C=CCC(CCCC)C(=O)OC1CCCCC1. The van der Waals surface area contributed by atoms with Crippen molar-refractivity contribution in [2.75, 3.05) is 0 Å². The summed E-state index contributed by atoms with van der Waals surface area (Å²) in [4.78, 5) is 12.0. The lowest BCUT2D eigenvalue weighted by molar-refractivity contribution is -0.155. The normalized spacial score (nSPS) is 18.6. The average molecular weight is 238 g/mol. The molecule has 1 aliphatic carbocycles. The quantitative estimate of drug-likeness (QED) is 0.489. The van der Waals surface area contributed by atoms with E-state index in [0.29, 0.717) is 0 Å². The molecule has 0 amide bonds. The second-order valence-corrected chi connectivity index (χ2v) is 5.06. The van der Waals surface area contributed by atoms with Crippen molar-refractivity contribution in [3.63, 3.8) is 0 Å². The zero-order valence-electron chi connectivity index (χ0n) is 11.1. The molecule has 0 spiro atoms. The predicted octanol–water partition coefficient (Wildman–Crippen LogP) is 4.24. The van der Waals surface area contributed by atoms with Gasteiger partial charge in [0.05, 0.1) is 5.92 Å². The van der Waals surface area contributed by atoms with Gasteiger partial charge in [0.25, 0.3) is 0 Å². The number of ether oxygens (including phenoxy) is 1. The standard InChI is InChI=1S/C15H26O2/c1-3-5-10-13(9-4-2)15(16)17-14-11-7-6-8-12-14/h4,13-14H,2-3,5-12H2,1H3. The molecule has 1 saturated carbocycles. The van der Waals surface area contributed by atoms with Gasteiger partial charge >= 0.3 is 5.97 Å². The number of carbonyl (C=O) groups excluding carboxylic acids is 1. The summed E-state index contributed by atoms with van der Waals surface area (Å²) in [5.74, 6) is 0.0413. The Morgan fingerprint density at radius 1 is 1.41 bits per heavy atom. The van der Waals surface area contributed by atoms with Crippen molar-refractivity contribution in [2.24, 2.45) is 5.92 Å². The van der Waals surface area contributed by atoms with Crippen molar-refractivity contribution in [1.29, 1.82) is 0 Å². The summed E-state index contributed by atoms with van der Waals surface area (Å²) >= 11 is 0. The third kappa shape index (κ3) is 5.38. The Morgan fingerprint density at radius 2 is 2.12 bits per heavy atom. The molecule has 0 radical (unpaired) electrons. The first-order valence-electron chi connectivity index (χ1n) is 7.09. The summed E-state index contributed by atoms with van der Waals surface area (Å²) in [6, 6.07) is 0. The Balaban J connectivity index is 2.36. The van der Waals surface area contributed by atoms with Crippen molar-refractivity contribution in [3.8, 4) is 0 Å². The number of allylic oxidation sites excluding steroid dienone is 1. The molecule has 2 heteroatoms. The Hall–Kier alpha value is -0.790. The third-order valence-electron chi connectivity index (χ3n) is 3.53. The van der Waals surface area contributed by atoms with Gasteiger partial charge in [0.15, 0.2) is 0 Å². The van der Waals surface area contributed by atoms with E-state index in [0.717, 1.165) is 38.5 Å². The van der Waals surface area contributed by atoms with Crippen LogP contribution in [0.1, 0.15) is 64.7 Å². The largest absolute Gasteiger partial charge is 0.462 e. The second kappa shape index (κ2) is 8.32. The molecule has 1 rings (SSSR count). The minimum absolute atomic E-state index is 0.00486. The number of hydrogen-bond donors (Lipinski definition) is 0. The van der Waals surface area contributed by atoms with E-state index < -0.39 is 0 Å². The maximum Gasteiger partial charge on any atom is 0.309 e. The first kappa shape index (κ1) is 14.3. The van der Waals surface area contributed by atoms with Gasteiger partial charge in [-0.05, 0) is 38.5 Å². The van der Waals surface area contributed by atoms with Crippen LogP contribution in [0.2, 0.25) is 0 Å². The first-order valence-corrected chi connectivity index (χ1v) is 7.09. The van der Waals surface area contributed by atoms with Gasteiger partial charge in [-0.1, -0.05) is 32.3 Å². The predicted molar refractivity (Wildman–Crippen MR) is 70.8 cm³/mol. The minimum atomic E-state index is 0.00486. The molecule has 0 aromatic rings. The fraction of sp³-hybridized carbons (Fsp3) is 0.800. The number of hydrogen-bond acceptors (Lipinski definition) is 2. The summed E-state index contributed by atoms with van der Waals surface area (Å²) in [6.07, 6.45) is 11.8. The van der Waals surface area contributed by atoms with Crippen molar-refractivity contribution < 1.29 is 9.53 Å². The summed E-state index contributed by atoms with van der Waals surface area (Å²) in [7, 11) is 0. The molecule has 98 valence electrons. The average Bonchev–Trinajstić information content (AvgIpc) is 2.35. The zero-order valence-corrected chi connectivity index (χ0v) is 11.1. The van der Waals surface area contributed by atoms with Crippen molar-refractivity contribution >= 4 is 5.97 Å². The molecular weight excluding hydrogens is 212 g/mol. The summed E-state index contributed by atoms with van der Waals surface area (Å²) in [5, 5.41) is 0. The molecule has 2 nitrogen and oxygen atoms in total. The highest BCUT2D eigenvalue weighted by molar-refractivity contribution is 5.72. The maximum absolute atomic E-state index is 12.0. The van der Waals surface area contributed by atoms with Crippen LogP contribution in [0.5, 0.6) is 0 Å². The van der Waals surface area contributed by atoms with Crippen molar-refractivity contribution in [3.05, 3.63) is 12.7 Å². The van der Waals surface area contributed by atoms with Gasteiger partial charge in [-0.25, -0.2) is 0 Å². The lowest BCUT2D eigenvalue weighted by Crippen LogP contribution is -2.25. The number of esters is 1. The molecule has 1 unspecified atom stereocenters. The smallest absolute Gasteiger partial charge is 0.309 e. The fourth-order valence-electron chi connectivity index (χ4n) is 2.43. The third-order valence-corrected chi connectivity index (χ3v) is 3.53. The Labute approximate surface area is 105 Å². The number of rotatable bonds is 7. The molecular formula is C15H26O2. The highest BCUT2D eigenvalue weighted by Crippen LogP contribution is 2.23. The summed E-state index contributed by atoms with van der Waals surface area (Å²) < 4.78 is 5.62. The van der Waals surface area contributed by atoms with E-state index in [1.165, 1.54) is 19.3 Å². The van der Waals surface area contributed by atoms with Crippen LogP contribution in [0.15, 0.2) is 12.7 Å². The van der Waals surface area contributed by atoms with Crippen molar-refractivity contribution in [2.45, 2.75) is 70.8 Å². The van der Waals surface area contributed by atoms with Gasteiger partial charge in [-0.2, -0.15) is 0 Å². The van der Waals surface area contributed by atoms with Crippen LogP contribution < -0.4 is 0 Å². The topological polar surface area (TPSA) is 26.3 Å². The van der Waals surface area contributed by atoms with E-state index in [1.807, 2.05) is 6.08 Å². The van der Waals surface area contributed by atoms with E-state index in [9.17, 15) is 4.79 Å². The molecule has 0 aromatic carbocycles. The molecule has 1 fully saturated rings. The highest BCUT2D eigenvalue weighted by Gasteiger charge is 2.23. The van der Waals surface area contributed by atoms with Gasteiger partial charge in [0, 0.05) is 0 Å². The zero-order chi connectivity index (χ0) is 12.5. The lowest BCUT2D eigenvalue weighted by Gasteiger charge is -2.24. The summed E-state index contributed by atoms with van der Waals surface area (Å²) in [5.41, 5.74) is 0. The molecule has 17 heavy (non-hydrogen) atoms. The van der Waals surface area contributed by atoms with E-state index >= 15 is 0 Å². The van der Waals surface area contributed by atoms with E-state index in [-0.39, 0.29) is 18.0 Å². The molecule has 1 atom stereocenters. The maximum atomic E-state index is 12.0. The van der Waals surface area contributed by atoms with Gasteiger partial charge in [0.2, 0.25) is 0 Å². The number of unbranched alkanes of at least 4 members (excludes halogenated alkanes) is 1. The Kier molecular flexibility index (Phi) is 6.99. The van der Waals surface area contributed by atoms with Crippen LogP contribution in [0, 0.1) is 5.92 Å². The van der Waals surface area contributed by atoms with E-state index in [2.05, 4.69) is 13.5 Å². The van der Waals surface area contributed by atoms with Gasteiger partial charge in [0.1, 0.15) is 6.10 Å². The van der Waals surface area contributed by atoms with Crippen LogP contribution in [-0.2, 0) is 9.53 Å². The highest BCUT2D eigenvalue weighted by atomic mass is 16.5. The molecule has 0 aromatic heterocycles. The van der Waals surface area contributed by atoms with Crippen LogP contribution in [0.3, 0.4) is 0 Å². The monoisotopic (exact) mass is 238 g/mol. The molecule has 0 saturated heterocycles. The van der Waals surface area contributed by atoms with Crippen LogP contribution >= 0.6 is 0 Å². The van der Waals surface area contributed by atoms with Crippen LogP contribution in [0.4, 0.5) is 0 Å². The van der Waals surface area contributed by atoms with Gasteiger partial charge in [-0.3, -0.25) is 4.79 Å². The fourth-order valence-corrected chi connectivity index (χ4v) is 2.43. The van der Waals surface area contributed by atoms with Gasteiger partial charge < -0.3 is 4.74 Å². The second-order valence-electron chi connectivity index (χ2n) is 5.06. The van der Waals surface area contributed by atoms with Crippen LogP contribution in [-0.4, -0.2) is 12.1 Å². The number of carbonyl (C=O) groups is 1.